The molecule has 0 unspecified atom stereocenters. The molecule has 1 aromatic rings. The average molecular weight is 343 g/mol. The second-order valence-corrected chi connectivity index (χ2v) is 5.57. The van der Waals surface area contributed by atoms with Crippen LogP contribution in [0.4, 0.5) is 5.69 Å². The van der Waals surface area contributed by atoms with Crippen LogP contribution >= 0.6 is 0 Å². The summed E-state index contributed by atoms with van der Waals surface area (Å²) in [5, 5.41) is 10.6. The van der Waals surface area contributed by atoms with Crippen molar-refractivity contribution in [3.8, 4) is 5.75 Å². The summed E-state index contributed by atoms with van der Waals surface area (Å²) in [7, 11) is -4.61. The van der Waals surface area contributed by atoms with Gasteiger partial charge in [0.1, 0.15) is 17.3 Å². The molecule has 0 radical (unpaired) electrons. The number of nitro groups is 1. The maximum absolute atomic E-state index is 11.2. The Labute approximate surface area is 152 Å². The summed E-state index contributed by atoms with van der Waals surface area (Å²) in [5.74, 6) is -0.151. The van der Waals surface area contributed by atoms with Crippen LogP contribution in [-0.4, -0.2) is 37.7 Å². The van der Waals surface area contributed by atoms with E-state index in [0.717, 1.165) is 31.0 Å². The van der Waals surface area contributed by atoms with Crippen LogP contribution in [0.1, 0.15) is 21.2 Å². The zero-order valence-corrected chi connectivity index (χ0v) is 15.3. The number of unbranched alkanes of at least 4 members (excludes halogenated alkanes) is 1. The average Bonchev–Trinajstić information content (AvgIpc) is 2.41. The van der Waals surface area contributed by atoms with Gasteiger partial charge < -0.3 is 10.9 Å². The van der Waals surface area contributed by atoms with Crippen LogP contribution in [0.2, 0.25) is 0 Å². The second-order valence-electron chi connectivity index (χ2n) is 4.18. The topological polar surface area (TPSA) is 116 Å². The van der Waals surface area contributed by atoms with Crippen molar-refractivity contribution in [2.75, 3.05) is 19.8 Å². The number of rotatable bonds is 9. The van der Waals surface area contributed by atoms with Gasteiger partial charge in [-0.05, 0) is 12.5 Å². The Bertz CT molecular complexity index is 597. The Balaban J connectivity index is 0. The smallest absolute Gasteiger partial charge is 1.00 e. The third-order valence-corrected chi connectivity index (χ3v) is 3.42. The fraction of sp³-hybridized carbons (Fsp3) is 0.500. The van der Waals surface area contributed by atoms with Gasteiger partial charge in [-0.15, -0.1) is 0 Å². The predicted molar refractivity (Wildman–Crippen MR) is 75.2 cm³/mol. The number of hydrogen-bond donors (Lipinski definition) is 1. The van der Waals surface area contributed by atoms with Gasteiger partial charge in [0, 0.05) is 18.7 Å². The minimum atomic E-state index is -4.61. The molecule has 0 saturated carbocycles. The van der Waals surface area contributed by atoms with Gasteiger partial charge in [-0.1, -0.05) is 13.3 Å². The predicted octanol–water partition coefficient (Wildman–Crippen LogP) is -0.846. The van der Waals surface area contributed by atoms with Gasteiger partial charge in [-0.2, -0.15) is 8.42 Å². The minimum Gasteiger partial charge on any atom is -1.00 e. The van der Waals surface area contributed by atoms with Gasteiger partial charge in [0.2, 0.25) is 0 Å². The molecule has 0 saturated heterocycles. The van der Waals surface area contributed by atoms with E-state index in [2.05, 4.69) is 0 Å². The SMILES string of the molecule is CCCCOCCOc1ccc([N+](=O)[O-])cc1S(=O)(=O)O.[H-].[Na+]. The van der Waals surface area contributed by atoms with Crippen molar-refractivity contribution < 1.29 is 58.4 Å². The Morgan fingerprint density at radius 2 is 2.00 bits per heavy atom. The summed E-state index contributed by atoms with van der Waals surface area (Å²) in [5.41, 5.74) is -0.450. The van der Waals surface area contributed by atoms with Crippen LogP contribution in [0, 0.1) is 10.1 Å². The molecule has 0 atom stereocenters. The zero-order chi connectivity index (χ0) is 15.9. The number of non-ortho nitro benzene ring substituents is 1. The molecule has 0 amide bonds. The van der Waals surface area contributed by atoms with E-state index in [-0.39, 0.29) is 49.9 Å². The van der Waals surface area contributed by atoms with E-state index in [1.807, 2.05) is 6.92 Å². The molecule has 0 aliphatic heterocycles. The monoisotopic (exact) mass is 343 g/mol. The first kappa shape index (κ1) is 21.3. The quantitative estimate of drug-likeness (QED) is 0.204. The molecule has 120 valence electrons. The van der Waals surface area contributed by atoms with Gasteiger partial charge in [0.05, 0.1) is 11.5 Å². The first-order valence-corrected chi connectivity index (χ1v) is 7.76. The van der Waals surface area contributed by atoms with Gasteiger partial charge in [-0.3, -0.25) is 14.7 Å². The molecular weight excluding hydrogens is 325 g/mol. The van der Waals surface area contributed by atoms with E-state index in [0.29, 0.717) is 6.61 Å². The third kappa shape index (κ3) is 7.03. The van der Waals surface area contributed by atoms with Crippen LogP contribution in [0.3, 0.4) is 0 Å². The minimum absolute atomic E-state index is 0. The largest absolute Gasteiger partial charge is 1.00 e. The van der Waals surface area contributed by atoms with Crippen molar-refractivity contribution in [2.24, 2.45) is 0 Å². The molecule has 0 bridgehead atoms. The van der Waals surface area contributed by atoms with E-state index in [1.165, 1.54) is 0 Å². The van der Waals surface area contributed by atoms with E-state index >= 15 is 0 Å². The summed E-state index contributed by atoms with van der Waals surface area (Å²) in [4.78, 5) is 9.23. The van der Waals surface area contributed by atoms with Crippen molar-refractivity contribution in [3.05, 3.63) is 28.3 Å². The number of nitro benzene ring substituents is 1. The van der Waals surface area contributed by atoms with Crippen LogP contribution < -0.4 is 34.3 Å². The fourth-order valence-electron chi connectivity index (χ4n) is 1.49. The summed E-state index contributed by atoms with van der Waals surface area (Å²) < 4.78 is 42.0. The Morgan fingerprint density at radius 3 is 2.55 bits per heavy atom. The molecule has 0 fully saturated rings. The van der Waals surface area contributed by atoms with Crippen molar-refractivity contribution in [1.29, 1.82) is 0 Å². The van der Waals surface area contributed by atoms with Crippen LogP contribution in [0.15, 0.2) is 23.1 Å². The number of nitrogens with zero attached hydrogens (tertiary/aromatic N) is 1. The molecule has 22 heavy (non-hydrogen) atoms. The standard InChI is InChI=1S/C12H17NO7S.Na.H/c1-2-3-6-19-7-8-20-11-5-4-10(13(14)15)9-12(11)21(16,17)18;;/h4-5,9H,2-3,6-8H2,1H3,(H,16,17,18);;/q;+1;-1. The molecule has 8 nitrogen and oxygen atoms in total. The molecule has 0 heterocycles. The van der Waals surface area contributed by atoms with Gasteiger partial charge in [0.25, 0.3) is 15.8 Å². The normalized spacial score (nSPS) is 10.8. The summed E-state index contributed by atoms with van der Waals surface area (Å²) >= 11 is 0. The van der Waals surface area contributed by atoms with Gasteiger partial charge >= 0.3 is 29.6 Å². The van der Waals surface area contributed by atoms with Crippen molar-refractivity contribution in [1.82, 2.24) is 0 Å². The number of hydrogen-bond acceptors (Lipinski definition) is 6. The Hall–Kier alpha value is -0.710. The van der Waals surface area contributed by atoms with E-state index in [4.69, 9.17) is 14.0 Å². The maximum atomic E-state index is 11.2. The van der Waals surface area contributed by atoms with Crippen LogP contribution in [0.5, 0.6) is 5.75 Å². The molecular formula is C12H18NNaO7S. The summed E-state index contributed by atoms with van der Waals surface area (Å²) in [6.07, 6.45) is 1.91. The molecule has 0 aliphatic carbocycles. The zero-order valence-electron chi connectivity index (χ0n) is 13.5. The van der Waals surface area contributed by atoms with Crippen molar-refractivity contribution >= 4 is 15.8 Å². The van der Waals surface area contributed by atoms with Crippen LogP contribution in [-0.2, 0) is 14.9 Å². The molecule has 1 N–H and O–H groups in total. The molecule has 0 spiro atoms. The Kier molecular flexibility index (Phi) is 9.81. The molecule has 1 aromatic carbocycles. The molecule has 10 heteroatoms. The number of ether oxygens (including phenoxy) is 2. The van der Waals surface area contributed by atoms with Gasteiger partial charge in [-0.25, -0.2) is 0 Å². The van der Waals surface area contributed by atoms with Gasteiger partial charge in [0.15, 0.2) is 0 Å². The number of benzene rings is 1. The van der Waals surface area contributed by atoms with E-state index < -0.39 is 25.6 Å². The maximum Gasteiger partial charge on any atom is 1.00 e. The van der Waals surface area contributed by atoms with Crippen molar-refractivity contribution in [3.63, 3.8) is 0 Å². The van der Waals surface area contributed by atoms with E-state index in [9.17, 15) is 18.5 Å². The van der Waals surface area contributed by atoms with E-state index in [1.54, 1.807) is 0 Å². The third-order valence-electron chi connectivity index (χ3n) is 2.54. The molecule has 0 aliphatic rings. The second kappa shape index (κ2) is 10.1. The first-order chi connectivity index (χ1) is 9.86. The summed E-state index contributed by atoms with van der Waals surface area (Å²) in [6, 6.07) is 2.98. The van der Waals surface area contributed by atoms with Crippen LogP contribution in [0.25, 0.3) is 0 Å². The summed E-state index contributed by atoms with van der Waals surface area (Å²) in [6.45, 7) is 2.92. The fourth-order valence-corrected chi connectivity index (χ4v) is 2.14. The first-order valence-electron chi connectivity index (χ1n) is 6.32. The molecule has 0 aromatic heterocycles. The van der Waals surface area contributed by atoms with Crippen molar-refractivity contribution in [2.45, 2.75) is 24.7 Å². The molecule has 1 rings (SSSR count). The Morgan fingerprint density at radius 1 is 1.32 bits per heavy atom.